The number of hydrogen-bond donors (Lipinski definition) is 2. The predicted octanol–water partition coefficient (Wildman–Crippen LogP) is 2.34. The summed E-state index contributed by atoms with van der Waals surface area (Å²) in [6.07, 6.45) is 5.02. The Bertz CT molecular complexity index is 687. The van der Waals surface area contributed by atoms with E-state index < -0.39 is 5.97 Å². The number of esters is 1. The molecule has 116 valence electrons. The first-order chi connectivity index (χ1) is 10.8. The van der Waals surface area contributed by atoms with E-state index in [1.54, 1.807) is 6.08 Å². The lowest BCUT2D eigenvalue weighted by Gasteiger charge is -2.24. The van der Waals surface area contributed by atoms with Crippen molar-refractivity contribution < 1.29 is 14.3 Å². The number of carbonyl (C=O) groups is 1. The van der Waals surface area contributed by atoms with Crippen molar-refractivity contribution in [1.29, 1.82) is 0 Å². The minimum absolute atomic E-state index is 0.395. The Balaban J connectivity index is 1.90. The van der Waals surface area contributed by atoms with Gasteiger partial charge in [-0.15, -0.1) is 0 Å². The van der Waals surface area contributed by atoms with Crippen molar-refractivity contribution in [3.63, 3.8) is 0 Å². The molecule has 0 radical (unpaired) electrons. The zero-order valence-corrected chi connectivity index (χ0v) is 12.5. The molecule has 1 saturated heterocycles. The first-order valence-corrected chi connectivity index (χ1v) is 7.35. The van der Waals surface area contributed by atoms with Gasteiger partial charge in [-0.1, -0.05) is 6.07 Å². The number of fused-ring (bicyclic) bond motifs is 1. The van der Waals surface area contributed by atoms with Crippen LogP contribution in [0.3, 0.4) is 0 Å². The van der Waals surface area contributed by atoms with Gasteiger partial charge in [-0.05, 0) is 31.1 Å². The van der Waals surface area contributed by atoms with E-state index in [1.165, 1.54) is 13.2 Å². The van der Waals surface area contributed by atoms with E-state index in [1.807, 2.05) is 18.2 Å². The lowest BCUT2D eigenvalue weighted by Crippen LogP contribution is -2.27. The van der Waals surface area contributed by atoms with Crippen molar-refractivity contribution in [3.05, 3.63) is 30.0 Å². The van der Waals surface area contributed by atoms with Gasteiger partial charge >= 0.3 is 5.97 Å². The Morgan fingerprint density at radius 1 is 1.45 bits per heavy atom. The molecule has 6 heteroatoms. The minimum atomic E-state index is -0.397. The molecule has 2 aromatic rings. The number of nitrogens with one attached hydrogen (secondary N) is 2. The summed E-state index contributed by atoms with van der Waals surface area (Å²) < 4.78 is 10.0. The van der Waals surface area contributed by atoms with E-state index in [-0.39, 0.29) is 0 Å². The van der Waals surface area contributed by atoms with Crippen molar-refractivity contribution in [2.45, 2.75) is 18.9 Å². The Kier molecular flexibility index (Phi) is 4.39. The van der Waals surface area contributed by atoms with Gasteiger partial charge in [0.2, 0.25) is 0 Å². The van der Waals surface area contributed by atoms with Crippen LogP contribution in [-0.2, 0) is 14.3 Å². The fourth-order valence-electron chi connectivity index (χ4n) is 2.62. The lowest BCUT2D eigenvalue weighted by atomic mass is 10.1. The molecule has 1 aromatic carbocycles. The van der Waals surface area contributed by atoms with E-state index in [2.05, 4.69) is 20.3 Å². The van der Waals surface area contributed by atoms with Gasteiger partial charge in [0.1, 0.15) is 0 Å². The van der Waals surface area contributed by atoms with E-state index >= 15 is 0 Å². The number of nitrogens with zero attached hydrogens (tertiary/aromatic N) is 1. The SMILES string of the molecule is COC(=O)/C=C/c1n[nH]c2cccc(NC3CCOCC3)c12. The number of rotatable bonds is 4. The van der Waals surface area contributed by atoms with Crippen LogP contribution >= 0.6 is 0 Å². The normalized spacial score (nSPS) is 16.2. The van der Waals surface area contributed by atoms with Gasteiger partial charge in [-0.3, -0.25) is 5.10 Å². The van der Waals surface area contributed by atoms with Crippen LogP contribution in [-0.4, -0.2) is 42.5 Å². The molecule has 0 bridgehead atoms. The highest BCUT2D eigenvalue weighted by molar-refractivity contribution is 5.99. The molecule has 0 atom stereocenters. The fraction of sp³-hybridized carbons (Fsp3) is 0.375. The quantitative estimate of drug-likeness (QED) is 0.669. The van der Waals surface area contributed by atoms with Crippen LogP contribution < -0.4 is 5.32 Å². The van der Waals surface area contributed by atoms with Crippen molar-refractivity contribution in [2.24, 2.45) is 0 Å². The summed E-state index contributed by atoms with van der Waals surface area (Å²) >= 11 is 0. The number of benzene rings is 1. The molecule has 0 aliphatic carbocycles. The number of hydrogen-bond acceptors (Lipinski definition) is 5. The average Bonchev–Trinajstić information content (AvgIpc) is 2.98. The molecule has 1 aromatic heterocycles. The van der Waals surface area contributed by atoms with Crippen LogP contribution in [0.15, 0.2) is 24.3 Å². The molecular formula is C16H19N3O3. The number of aromatic nitrogens is 2. The van der Waals surface area contributed by atoms with Gasteiger partial charge in [0.05, 0.1) is 23.7 Å². The monoisotopic (exact) mass is 301 g/mol. The van der Waals surface area contributed by atoms with Gasteiger partial charge in [-0.2, -0.15) is 5.10 Å². The van der Waals surface area contributed by atoms with E-state index in [4.69, 9.17) is 4.74 Å². The summed E-state index contributed by atoms with van der Waals surface area (Å²) in [5.41, 5.74) is 2.67. The number of carbonyl (C=O) groups excluding carboxylic acids is 1. The maximum atomic E-state index is 11.3. The molecule has 22 heavy (non-hydrogen) atoms. The zero-order valence-electron chi connectivity index (χ0n) is 12.5. The third-order valence-electron chi connectivity index (χ3n) is 3.78. The van der Waals surface area contributed by atoms with Gasteiger partial charge in [0.15, 0.2) is 0 Å². The Morgan fingerprint density at radius 3 is 3.05 bits per heavy atom. The molecule has 1 aliphatic heterocycles. The maximum absolute atomic E-state index is 11.3. The highest BCUT2D eigenvalue weighted by Crippen LogP contribution is 2.27. The molecule has 0 saturated carbocycles. The van der Waals surface area contributed by atoms with Crippen molar-refractivity contribution >= 4 is 28.6 Å². The zero-order chi connectivity index (χ0) is 15.4. The highest BCUT2D eigenvalue weighted by Gasteiger charge is 2.16. The van der Waals surface area contributed by atoms with Crippen LogP contribution in [0, 0.1) is 0 Å². The molecule has 0 spiro atoms. The second-order valence-electron chi connectivity index (χ2n) is 5.22. The smallest absolute Gasteiger partial charge is 0.330 e. The van der Waals surface area contributed by atoms with E-state index in [0.29, 0.717) is 6.04 Å². The standard InChI is InChI=1S/C16H19N3O3/c1-21-15(20)6-5-14-16-12(3-2-4-13(16)18-19-14)17-11-7-9-22-10-8-11/h2-6,11,17H,7-10H2,1H3,(H,18,19)/b6-5+. The Hall–Kier alpha value is -2.34. The second kappa shape index (κ2) is 6.62. The van der Waals surface area contributed by atoms with Crippen LogP contribution in [0.5, 0.6) is 0 Å². The maximum Gasteiger partial charge on any atom is 0.330 e. The average molecular weight is 301 g/mol. The van der Waals surface area contributed by atoms with Crippen molar-refractivity contribution in [2.75, 3.05) is 25.6 Å². The third-order valence-corrected chi connectivity index (χ3v) is 3.78. The van der Waals surface area contributed by atoms with E-state index in [0.717, 1.165) is 48.3 Å². The number of anilines is 1. The minimum Gasteiger partial charge on any atom is -0.466 e. The largest absolute Gasteiger partial charge is 0.466 e. The summed E-state index contributed by atoms with van der Waals surface area (Å²) in [4.78, 5) is 11.3. The van der Waals surface area contributed by atoms with Gasteiger partial charge < -0.3 is 14.8 Å². The topological polar surface area (TPSA) is 76.2 Å². The molecule has 3 rings (SSSR count). The van der Waals surface area contributed by atoms with Gasteiger partial charge in [0, 0.05) is 31.0 Å². The molecule has 0 amide bonds. The van der Waals surface area contributed by atoms with Crippen molar-refractivity contribution in [1.82, 2.24) is 10.2 Å². The van der Waals surface area contributed by atoms with Gasteiger partial charge in [0.25, 0.3) is 0 Å². The fourth-order valence-corrected chi connectivity index (χ4v) is 2.62. The van der Waals surface area contributed by atoms with E-state index in [9.17, 15) is 4.79 Å². The Labute approximate surface area is 128 Å². The highest BCUT2D eigenvalue weighted by atomic mass is 16.5. The first kappa shape index (κ1) is 14.6. The Morgan fingerprint density at radius 2 is 2.27 bits per heavy atom. The summed E-state index contributed by atoms with van der Waals surface area (Å²) in [6.45, 7) is 1.57. The summed E-state index contributed by atoms with van der Waals surface area (Å²) in [5, 5.41) is 11.8. The van der Waals surface area contributed by atoms with Crippen LogP contribution in [0.1, 0.15) is 18.5 Å². The van der Waals surface area contributed by atoms with Crippen molar-refractivity contribution in [3.8, 4) is 0 Å². The summed E-state index contributed by atoms with van der Waals surface area (Å²) in [6, 6.07) is 6.37. The molecule has 1 aliphatic rings. The number of aromatic amines is 1. The third kappa shape index (κ3) is 3.12. The molecule has 0 unspecified atom stereocenters. The molecular weight excluding hydrogens is 282 g/mol. The van der Waals surface area contributed by atoms with Gasteiger partial charge in [-0.25, -0.2) is 4.79 Å². The van der Waals surface area contributed by atoms with Crippen LogP contribution in [0.2, 0.25) is 0 Å². The second-order valence-corrected chi connectivity index (χ2v) is 5.22. The van der Waals surface area contributed by atoms with Crippen LogP contribution in [0.25, 0.3) is 17.0 Å². The number of methoxy groups -OCH3 is 1. The summed E-state index contributed by atoms with van der Waals surface area (Å²) in [5.74, 6) is -0.397. The molecule has 6 nitrogen and oxygen atoms in total. The first-order valence-electron chi connectivity index (χ1n) is 7.35. The number of H-pyrrole nitrogens is 1. The predicted molar refractivity (Wildman–Crippen MR) is 84.6 cm³/mol. The van der Waals surface area contributed by atoms with Crippen LogP contribution in [0.4, 0.5) is 5.69 Å². The lowest BCUT2D eigenvalue weighted by molar-refractivity contribution is -0.134. The molecule has 2 heterocycles. The number of ether oxygens (including phenoxy) is 2. The molecule has 1 fully saturated rings. The molecule has 2 N–H and O–H groups in total. The summed E-state index contributed by atoms with van der Waals surface area (Å²) in [7, 11) is 1.35.